The molecule has 0 spiro atoms. The number of hydrogen-bond acceptors (Lipinski definition) is 1. The lowest BCUT2D eigenvalue weighted by atomic mass is 9.98. The van der Waals surface area contributed by atoms with Gasteiger partial charge >= 0.3 is 0 Å². The average molecular weight is 169 g/mol. The molecule has 1 aliphatic heterocycles. The number of nitrogens with zero attached hydrogens (tertiary/aromatic N) is 1. The van der Waals surface area contributed by atoms with Gasteiger partial charge < -0.3 is 4.90 Å². The molecule has 1 rings (SSSR count). The molecule has 1 heterocycles. The molecule has 1 heteroatoms. The third kappa shape index (κ3) is 3.14. The van der Waals surface area contributed by atoms with Crippen molar-refractivity contribution in [3.8, 4) is 0 Å². The van der Waals surface area contributed by atoms with Gasteiger partial charge in [-0.05, 0) is 51.2 Å². The zero-order valence-electron chi connectivity index (χ0n) is 8.68. The predicted octanol–water partition coefficient (Wildman–Crippen LogP) is 2.91. The van der Waals surface area contributed by atoms with E-state index in [9.17, 15) is 0 Å². The van der Waals surface area contributed by atoms with E-state index < -0.39 is 0 Å². The predicted molar refractivity (Wildman–Crippen MR) is 54.4 cm³/mol. The topological polar surface area (TPSA) is 3.24 Å². The highest BCUT2D eigenvalue weighted by Crippen LogP contribution is 2.19. The summed E-state index contributed by atoms with van der Waals surface area (Å²) in [5, 5.41) is 0. The summed E-state index contributed by atoms with van der Waals surface area (Å²) in [5.41, 5.74) is 0. The minimum Gasteiger partial charge on any atom is -0.303 e. The summed E-state index contributed by atoms with van der Waals surface area (Å²) in [4.78, 5) is 2.63. The van der Waals surface area contributed by atoms with Gasteiger partial charge in [0, 0.05) is 0 Å². The lowest BCUT2D eigenvalue weighted by molar-refractivity contribution is 0.281. The van der Waals surface area contributed by atoms with Crippen LogP contribution in [0.1, 0.15) is 46.0 Å². The Hall–Kier alpha value is -0.0400. The van der Waals surface area contributed by atoms with Crippen molar-refractivity contribution < 1.29 is 0 Å². The molecule has 1 aliphatic rings. The van der Waals surface area contributed by atoms with Crippen molar-refractivity contribution in [2.45, 2.75) is 46.0 Å². The second-order valence-corrected chi connectivity index (χ2v) is 4.05. The molecule has 1 unspecified atom stereocenters. The van der Waals surface area contributed by atoms with E-state index >= 15 is 0 Å². The van der Waals surface area contributed by atoms with Crippen LogP contribution in [0.2, 0.25) is 0 Å². The smallest absolute Gasteiger partial charge is 0.00161 e. The monoisotopic (exact) mass is 169 g/mol. The standard InChI is InChI=1S/C11H23N/c1-3-8-12-9-5-6-11(4-2)7-10-12/h11H,3-10H2,1-2H3. The molecule has 12 heavy (non-hydrogen) atoms. The Morgan fingerprint density at radius 1 is 1.17 bits per heavy atom. The van der Waals surface area contributed by atoms with Crippen LogP contribution in [0.25, 0.3) is 0 Å². The molecule has 0 aromatic heterocycles. The minimum absolute atomic E-state index is 1.02. The number of likely N-dealkylation sites (tertiary alicyclic amines) is 1. The Kier molecular flexibility index (Phi) is 4.67. The van der Waals surface area contributed by atoms with Crippen LogP contribution in [0, 0.1) is 5.92 Å². The Bertz CT molecular complexity index is 112. The average Bonchev–Trinajstić information content (AvgIpc) is 2.31. The summed E-state index contributed by atoms with van der Waals surface area (Å²) >= 11 is 0. The van der Waals surface area contributed by atoms with E-state index in [0.717, 1.165) is 5.92 Å². The zero-order valence-corrected chi connectivity index (χ0v) is 8.68. The van der Waals surface area contributed by atoms with Gasteiger partial charge in [0.2, 0.25) is 0 Å². The van der Waals surface area contributed by atoms with E-state index in [1.807, 2.05) is 0 Å². The van der Waals surface area contributed by atoms with Crippen LogP contribution in [0.15, 0.2) is 0 Å². The molecule has 0 aliphatic carbocycles. The van der Waals surface area contributed by atoms with E-state index in [1.54, 1.807) is 0 Å². The van der Waals surface area contributed by atoms with E-state index in [4.69, 9.17) is 0 Å². The highest BCUT2D eigenvalue weighted by Gasteiger charge is 2.14. The van der Waals surface area contributed by atoms with Gasteiger partial charge in [0.05, 0.1) is 0 Å². The Morgan fingerprint density at radius 2 is 2.00 bits per heavy atom. The fourth-order valence-electron chi connectivity index (χ4n) is 2.17. The SMILES string of the molecule is CCCN1CCCC(CC)CC1. The van der Waals surface area contributed by atoms with Crippen molar-refractivity contribution in [1.29, 1.82) is 0 Å². The van der Waals surface area contributed by atoms with Crippen LogP contribution < -0.4 is 0 Å². The maximum atomic E-state index is 2.63. The summed E-state index contributed by atoms with van der Waals surface area (Å²) in [6.45, 7) is 8.63. The molecule has 72 valence electrons. The summed E-state index contributed by atoms with van der Waals surface area (Å²) in [6.07, 6.45) is 7.04. The van der Waals surface area contributed by atoms with Gasteiger partial charge in [0.15, 0.2) is 0 Å². The first-order chi connectivity index (χ1) is 5.86. The molecule has 1 saturated heterocycles. The summed E-state index contributed by atoms with van der Waals surface area (Å²) < 4.78 is 0. The normalized spacial score (nSPS) is 27.0. The lowest BCUT2D eigenvalue weighted by Crippen LogP contribution is -2.25. The van der Waals surface area contributed by atoms with Crippen molar-refractivity contribution in [1.82, 2.24) is 4.90 Å². The van der Waals surface area contributed by atoms with E-state index in [0.29, 0.717) is 0 Å². The van der Waals surface area contributed by atoms with Crippen LogP contribution >= 0.6 is 0 Å². The minimum atomic E-state index is 1.02. The molecular formula is C11H23N. The lowest BCUT2D eigenvalue weighted by Gasteiger charge is -2.18. The molecule has 0 bridgehead atoms. The molecule has 0 aromatic carbocycles. The summed E-state index contributed by atoms with van der Waals surface area (Å²) in [5.74, 6) is 1.02. The Labute approximate surface area is 77.1 Å². The van der Waals surface area contributed by atoms with Gasteiger partial charge in [-0.15, -0.1) is 0 Å². The van der Waals surface area contributed by atoms with Gasteiger partial charge in [0.1, 0.15) is 0 Å². The van der Waals surface area contributed by atoms with Crippen LogP contribution in [-0.2, 0) is 0 Å². The van der Waals surface area contributed by atoms with E-state index in [-0.39, 0.29) is 0 Å². The third-order valence-electron chi connectivity index (χ3n) is 3.06. The van der Waals surface area contributed by atoms with Crippen LogP contribution in [0.5, 0.6) is 0 Å². The molecule has 0 N–H and O–H groups in total. The first-order valence-electron chi connectivity index (χ1n) is 5.59. The molecular weight excluding hydrogens is 146 g/mol. The summed E-state index contributed by atoms with van der Waals surface area (Å²) in [7, 11) is 0. The van der Waals surface area contributed by atoms with Gasteiger partial charge in [-0.25, -0.2) is 0 Å². The van der Waals surface area contributed by atoms with Crippen molar-refractivity contribution in [2.75, 3.05) is 19.6 Å². The van der Waals surface area contributed by atoms with Gasteiger partial charge in [-0.2, -0.15) is 0 Å². The van der Waals surface area contributed by atoms with Gasteiger partial charge in [-0.1, -0.05) is 20.3 Å². The molecule has 0 radical (unpaired) electrons. The first-order valence-corrected chi connectivity index (χ1v) is 5.59. The largest absolute Gasteiger partial charge is 0.303 e. The van der Waals surface area contributed by atoms with E-state index in [2.05, 4.69) is 18.7 Å². The Balaban J connectivity index is 2.24. The number of rotatable bonds is 3. The Morgan fingerprint density at radius 3 is 2.67 bits per heavy atom. The fourth-order valence-corrected chi connectivity index (χ4v) is 2.17. The number of hydrogen-bond donors (Lipinski definition) is 0. The highest BCUT2D eigenvalue weighted by atomic mass is 15.1. The van der Waals surface area contributed by atoms with Crippen molar-refractivity contribution >= 4 is 0 Å². The second kappa shape index (κ2) is 5.58. The molecule has 0 saturated carbocycles. The fraction of sp³-hybridized carbons (Fsp3) is 1.00. The molecule has 1 nitrogen and oxygen atoms in total. The highest BCUT2D eigenvalue weighted by molar-refractivity contribution is 4.68. The molecule has 0 aromatic rings. The van der Waals surface area contributed by atoms with Crippen molar-refractivity contribution in [3.63, 3.8) is 0 Å². The zero-order chi connectivity index (χ0) is 8.81. The van der Waals surface area contributed by atoms with Crippen molar-refractivity contribution in [3.05, 3.63) is 0 Å². The van der Waals surface area contributed by atoms with Crippen LogP contribution in [-0.4, -0.2) is 24.5 Å². The van der Waals surface area contributed by atoms with Crippen LogP contribution in [0.3, 0.4) is 0 Å². The maximum absolute atomic E-state index is 2.63. The third-order valence-corrected chi connectivity index (χ3v) is 3.06. The van der Waals surface area contributed by atoms with E-state index in [1.165, 1.54) is 51.7 Å². The first kappa shape index (κ1) is 10.0. The van der Waals surface area contributed by atoms with Crippen LogP contribution in [0.4, 0.5) is 0 Å². The summed E-state index contributed by atoms with van der Waals surface area (Å²) in [6, 6.07) is 0. The maximum Gasteiger partial charge on any atom is -0.00161 e. The van der Waals surface area contributed by atoms with Crippen molar-refractivity contribution in [2.24, 2.45) is 5.92 Å². The van der Waals surface area contributed by atoms with Gasteiger partial charge in [0.25, 0.3) is 0 Å². The van der Waals surface area contributed by atoms with Gasteiger partial charge in [-0.3, -0.25) is 0 Å². The molecule has 1 fully saturated rings. The molecule has 0 amide bonds. The molecule has 1 atom stereocenters. The quantitative estimate of drug-likeness (QED) is 0.628. The second-order valence-electron chi connectivity index (χ2n) is 4.05.